The highest BCUT2D eigenvalue weighted by Gasteiger charge is 2.24. The minimum absolute atomic E-state index is 0.316. The van der Waals surface area contributed by atoms with Gasteiger partial charge in [0.05, 0.1) is 0 Å². The number of Topliss-reactive ketones (excluding diaryl/α,β-unsaturated/α-hetero) is 1. The molecule has 0 bridgehead atoms. The zero-order valence-corrected chi connectivity index (χ0v) is 13.2. The molecule has 5 heteroatoms. The summed E-state index contributed by atoms with van der Waals surface area (Å²) in [7, 11) is 0. The summed E-state index contributed by atoms with van der Waals surface area (Å²) in [6.45, 7) is 0. The molecule has 0 radical (unpaired) electrons. The van der Waals surface area contributed by atoms with Crippen LogP contribution in [0.15, 0.2) is 79.1 Å². The first-order valence-corrected chi connectivity index (χ1v) is 7.71. The molecule has 0 spiro atoms. The lowest BCUT2D eigenvalue weighted by molar-refractivity contribution is 0.0857. The van der Waals surface area contributed by atoms with Gasteiger partial charge in [-0.2, -0.15) is 0 Å². The van der Waals surface area contributed by atoms with Crippen LogP contribution in [0.1, 0.15) is 32.3 Å². The summed E-state index contributed by atoms with van der Waals surface area (Å²) in [6, 6.07) is 16.3. The van der Waals surface area contributed by atoms with Crippen molar-refractivity contribution in [3.8, 4) is 0 Å². The Morgan fingerprint density at radius 2 is 1.48 bits per heavy atom. The van der Waals surface area contributed by atoms with E-state index in [4.69, 9.17) is 0 Å². The van der Waals surface area contributed by atoms with E-state index in [0.29, 0.717) is 16.7 Å². The second kappa shape index (κ2) is 7.49. The number of carbonyl (C=O) groups excluding carboxylic acids is 2. The quantitative estimate of drug-likeness (QED) is 0.726. The number of halogens is 1. The first-order valence-electron chi connectivity index (χ1n) is 7.71. The molecule has 1 amide bonds. The second-order valence-corrected chi connectivity index (χ2v) is 5.42. The molecular formula is C20H15FN2O2. The summed E-state index contributed by atoms with van der Waals surface area (Å²) < 4.78 is 13.1. The Bertz CT molecular complexity index is 865. The Labute approximate surface area is 144 Å². The van der Waals surface area contributed by atoms with Crippen molar-refractivity contribution in [2.75, 3.05) is 0 Å². The van der Waals surface area contributed by atoms with Crippen LogP contribution in [0.3, 0.4) is 0 Å². The standard InChI is InChI=1S/C20H15FN2O2/c21-17-8-6-15(7-9-17)19(24)18(14-10-12-22-13-11-14)23-20(25)16-4-2-1-3-5-16/h1-13,18H,(H,23,25). The molecule has 0 fully saturated rings. The number of rotatable bonds is 5. The normalized spacial score (nSPS) is 11.6. The highest BCUT2D eigenvalue weighted by molar-refractivity contribution is 6.04. The molecule has 4 nitrogen and oxygen atoms in total. The average Bonchev–Trinajstić information content (AvgIpc) is 2.67. The van der Waals surface area contributed by atoms with Gasteiger partial charge in [0.1, 0.15) is 11.9 Å². The van der Waals surface area contributed by atoms with Crippen molar-refractivity contribution in [2.24, 2.45) is 0 Å². The van der Waals surface area contributed by atoms with Gasteiger partial charge in [-0.25, -0.2) is 4.39 Å². The SMILES string of the molecule is O=C(NC(C(=O)c1ccc(F)cc1)c1ccncc1)c1ccccc1. The number of amides is 1. The topological polar surface area (TPSA) is 59.1 Å². The van der Waals surface area contributed by atoms with Crippen LogP contribution in [0, 0.1) is 5.82 Å². The highest BCUT2D eigenvalue weighted by Crippen LogP contribution is 2.19. The Morgan fingerprint density at radius 1 is 0.840 bits per heavy atom. The van der Waals surface area contributed by atoms with Crippen LogP contribution in [-0.2, 0) is 0 Å². The van der Waals surface area contributed by atoms with E-state index >= 15 is 0 Å². The molecule has 0 aliphatic heterocycles. The van der Waals surface area contributed by atoms with Gasteiger partial charge in [0.25, 0.3) is 5.91 Å². The molecule has 124 valence electrons. The number of ketones is 1. The number of aromatic nitrogens is 1. The Hall–Kier alpha value is -3.34. The van der Waals surface area contributed by atoms with Gasteiger partial charge in [-0.1, -0.05) is 18.2 Å². The molecule has 2 aromatic carbocycles. The van der Waals surface area contributed by atoms with Gasteiger partial charge in [0.2, 0.25) is 0 Å². The number of nitrogens with one attached hydrogen (secondary N) is 1. The van der Waals surface area contributed by atoms with Gasteiger partial charge in [-0.15, -0.1) is 0 Å². The lowest BCUT2D eigenvalue weighted by Gasteiger charge is -2.18. The second-order valence-electron chi connectivity index (χ2n) is 5.42. The van der Waals surface area contributed by atoms with Crippen LogP contribution in [0.2, 0.25) is 0 Å². The fourth-order valence-corrected chi connectivity index (χ4v) is 2.44. The lowest BCUT2D eigenvalue weighted by Crippen LogP contribution is -2.34. The summed E-state index contributed by atoms with van der Waals surface area (Å²) in [5, 5.41) is 2.75. The van der Waals surface area contributed by atoms with Crippen LogP contribution >= 0.6 is 0 Å². The molecule has 1 heterocycles. The van der Waals surface area contributed by atoms with Gasteiger partial charge < -0.3 is 5.32 Å². The summed E-state index contributed by atoms with van der Waals surface area (Å²) in [6.07, 6.45) is 3.10. The number of pyridine rings is 1. The molecule has 0 aliphatic rings. The molecule has 1 atom stereocenters. The average molecular weight is 334 g/mol. The monoisotopic (exact) mass is 334 g/mol. The lowest BCUT2D eigenvalue weighted by atomic mass is 9.97. The molecule has 25 heavy (non-hydrogen) atoms. The third-order valence-corrected chi connectivity index (χ3v) is 3.74. The Kier molecular flexibility index (Phi) is 4.95. The molecule has 0 aliphatic carbocycles. The van der Waals surface area contributed by atoms with E-state index < -0.39 is 11.9 Å². The molecule has 3 aromatic rings. The van der Waals surface area contributed by atoms with Crippen molar-refractivity contribution < 1.29 is 14.0 Å². The number of benzene rings is 2. The summed E-state index contributed by atoms with van der Waals surface area (Å²) >= 11 is 0. The van der Waals surface area contributed by atoms with Crippen LogP contribution in [0.4, 0.5) is 4.39 Å². The first-order chi connectivity index (χ1) is 12.1. The van der Waals surface area contributed by atoms with Crippen LogP contribution in [0.25, 0.3) is 0 Å². The maximum Gasteiger partial charge on any atom is 0.252 e. The van der Waals surface area contributed by atoms with Crippen LogP contribution in [0.5, 0.6) is 0 Å². The first kappa shape index (κ1) is 16.5. The van der Waals surface area contributed by atoms with Gasteiger partial charge in [0.15, 0.2) is 5.78 Å². The van der Waals surface area contributed by atoms with Crippen molar-refractivity contribution in [1.29, 1.82) is 0 Å². The zero-order valence-electron chi connectivity index (χ0n) is 13.2. The number of hydrogen-bond donors (Lipinski definition) is 1. The van der Waals surface area contributed by atoms with Crippen molar-refractivity contribution in [1.82, 2.24) is 10.3 Å². The summed E-state index contributed by atoms with van der Waals surface area (Å²) in [5.41, 5.74) is 1.37. The van der Waals surface area contributed by atoms with Crippen LogP contribution < -0.4 is 5.32 Å². The molecular weight excluding hydrogens is 319 g/mol. The minimum atomic E-state index is -0.888. The predicted molar refractivity (Wildman–Crippen MR) is 91.6 cm³/mol. The summed E-state index contributed by atoms with van der Waals surface area (Å²) in [5.74, 6) is -1.11. The maximum atomic E-state index is 13.1. The van der Waals surface area contributed by atoms with E-state index in [0.717, 1.165) is 0 Å². The molecule has 1 aromatic heterocycles. The van der Waals surface area contributed by atoms with E-state index in [-0.39, 0.29) is 11.7 Å². The van der Waals surface area contributed by atoms with Crippen molar-refractivity contribution >= 4 is 11.7 Å². The third-order valence-electron chi connectivity index (χ3n) is 3.74. The maximum absolute atomic E-state index is 13.1. The zero-order chi connectivity index (χ0) is 17.6. The highest BCUT2D eigenvalue weighted by atomic mass is 19.1. The third kappa shape index (κ3) is 3.95. The minimum Gasteiger partial charge on any atom is -0.338 e. The smallest absolute Gasteiger partial charge is 0.252 e. The van der Waals surface area contributed by atoms with Gasteiger partial charge in [0, 0.05) is 23.5 Å². The van der Waals surface area contributed by atoms with Gasteiger partial charge in [-0.3, -0.25) is 14.6 Å². The Morgan fingerprint density at radius 3 is 2.12 bits per heavy atom. The molecule has 1 N–H and O–H groups in total. The van der Waals surface area contributed by atoms with Crippen molar-refractivity contribution in [2.45, 2.75) is 6.04 Å². The molecule has 1 unspecified atom stereocenters. The Balaban J connectivity index is 1.91. The van der Waals surface area contributed by atoms with Gasteiger partial charge >= 0.3 is 0 Å². The number of carbonyl (C=O) groups is 2. The van der Waals surface area contributed by atoms with E-state index in [1.165, 1.54) is 24.3 Å². The predicted octanol–water partition coefficient (Wildman–Crippen LogP) is 3.57. The molecule has 0 saturated heterocycles. The molecule has 0 saturated carbocycles. The summed E-state index contributed by atoms with van der Waals surface area (Å²) in [4.78, 5) is 29.3. The van der Waals surface area contributed by atoms with Crippen LogP contribution in [-0.4, -0.2) is 16.7 Å². The fraction of sp³-hybridized carbons (Fsp3) is 0.0500. The van der Waals surface area contributed by atoms with E-state index in [1.54, 1.807) is 54.9 Å². The number of nitrogens with zero attached hydrogens (tertiary/aromatic N) is 1. The van der Waals surface area contributed by atoms with E-state index in [1.807, 2.05) is 0 Å². The van der Waals surface area contributed by atoms with Crippen molar-refractivity contribution in [3.63, 3.8) is 0 Å². The molecule has 3 rings (SSSR count). The van der Waals surface area contributed by atoms with Crippen molar-refractivity contribution in [3.05, 3.63) is 102 Å². The van der Waals surface area contributed by atoms with Gasteiger partial charge in [-0.05, 0) is 54.1 Å². The fourth-order valence-electron chi connectivity index (χ4n) is 2.44. The van der Waals surface area contributed by atoms with E-state index in [2.05, 4.69) is 10.3 Å². The van der Waals surface area contributed by atoms with E-state index in [9.17, 15) is 14.0 Å². The largest absolute Gasteiger partial charge is 0.338 e. The number of hydrogen-bond acceptors (Lipinski definition) is 3.